The van der Waals surface area contributed by atoms with Gasteiger partial charge in [0.25, 0.3) is 11.8 Å². The van der Waals surface area contributed by atoms with Gasteiger partial charge >= 0.3 is 5.97 Å². The molecule has 10 nitrogen and oxygen atoms in total. The topological polar surface area (TPSA) is 132 Å². The number of carbonyl (C=O) groups is 4. The van der Waals surface area contributed by atoms with E-state index in [4.69, 9.17) is 14.2 Å². The maximum atomic E-state index is 13.6. The van der Waals surface area contributed by atoms with Gasteiger partial charge in [-0.1, -0.05) is 36.4 Å². The quantitative estimate of drug-likeness (QED) is 0.105. The van der Waals surface area contributed by atoms with Crippen LogP contribution < -0.4 is 25.4 Å². The van der Waals surface area contributed by atoms with Crippen LogP contribution in [0.1, 0.15) is 26.3 Å². The van der Waals surface area contributed by atoms with Gasteiger partial charge in [0.2, 0.25) is 5.91 Å². The number of carbonyl (C=O) groups excluding carboxylic acids is 4. The first-order valence-electron chi connectivity index (χ1n) is 13.6. The predicted molar refractivity (Wildman–Crippen MR) is 174 cm³/mol. The fraction of sp³-hybridized carbons (Fsp3) is 0.118. The summed E-state index contributed by atoms with van der Waals surface area (Å²) in [4.78, 5) is 52.0. The minimum absolute atomic E-state index is 0.0305. The Labute approximate surface area is 264 Å². The molecular formula is C34H31N3O7S. The second-order valence-corrected chi connectivity index (χ2v) is 10.4. The molecule has 3 N–H and O–H groups in total. The molecule has 0 fully saturated rings. The molecule has 4 rings (SSSR count). The van der Waals surface area contributed by atoms with E-state index < -0.39 is 17.8 Å². The third kappa shape index (κ3) is 8.97. The first-order valence-corrected chi connectivity index (χ1v) is 14.6. The van der Waals surface area contributed by atoms with Gasteiger partial charge in [0.05, 0.1) is 38.3 Å². The van der Waals surface area contributed by atoms with Gasteiger partial charge in [-0.3, -0.25) is 14.4 Å². The van der Waals surface area contributed by atoms with Crippen molar-refractivity contribution in [1.82, 2.24) is 5.32 Å². The lowest BCUT2D eigenvalue weighted by molar-refractivity contribution is -0.114. The number of hydrogen-bond donors (Lipinski definition) is 3. The van der Waals surface area contributed by atoms with E-state index >= 15 is 0 Å². The van der Waals surface area contributed by atoms with Gasteiger partial charge in [0.1, 0.15) is 17.2 Å². The average molecular weight is 626 g/mol. The zero-order chi connectivity index (χ0) is 32.2. The zero-order valence-electron chi connectivity index (χ0n) is 24.8. The van der Waals surface area contributed by atoms with Gasteiger partial charge in [0.15, 0.2) is 0 Å². The van der Waals surface area contributed by atoms with Crippen molar-refractivity contribution in [3.05, 3.63) is 119 Å². The molecule has 0 radical (unpaired) electrons. The fourth-order valence-electron chi connectivity index (χ4n) is 4.13. The van der Waals surface area contributed by atoms with Crippen LogP contribution in [0.15, 0.2) is 108 Å². The van der Waals surface area contributed by atoms with Gasteiger partial charge < -0.3 is 30.2 Å². The molecule has 3 amide bonds. The smallest absolute Gasteiger partial charge is 0.339 e. The Morgan fingerprint density at radius 1 is 0.778 bits per heavy atom. The van der Waals surface area contributed by atoms with Crippen LogP contribution in [0.4, 0.5) is 11.4 Å². The minimum atomic E-state index is -0.580. The van der Waals surface area contributed by atoms with E-state index in [0.717, 1.165) is 0 Å². The molecule has 230 valence electrons. The number of thioether (sulfide) groups is 1. The largest absolute Gasteiger partial charge is 0.497 e. The van der Waals surface area contributed by atoms with E-state index in [-0.39, 0.29) is 22.9 Å². The number of anilines is 2. The highest BCUT2D eigenvalue weighted by Crippen LogP contribution is 2.27. The third-order valence-electron chi connectivity index (χ3n) is 6.33. The van der Waals surface area contributed by atoms with Gasteiger partial charge in [-0.05, 0) is 66.7 Å². The fourth-order valence-corrected chi connectivity index (χ4v) is 4.88. The molecule has 11 heteroatoms. The number of esters is 1. The van der Waals surface area contributed by atoms with E-state index in [2.05, 4.69) is 16.0 Å². The Hall–Kier alpha value is -5.55. The molecule has 0 aliphatic rings. The van der Waals surface area contributed by atoms with Gasteiger partial charge in [-0.2, -0.15) is 0 Å². The third-order valence-corrected chi connectivity index (χ3v) is 7.33. The summed E-state index contributed by atoms with van der Waals surface area (Å²) in [5.74, 6) is -0.876. The summed E-state index contributed by atoms with van der Waals surface area (Å²) in [6, 6.07) is 27.1. The number of rotatable bonds is 12. The van der Waals surface area contributed by atoms with Crippen LogP contribution in [-0.2, 0) is 14.3 Å². The van der Waals surface area contributed by atoms with Gasteiger partial charge in [-0.25, -0.2) is 4.79 Å². The lowest BCUT2D eigenvalue weighted by Crippen LogP contribution is -2.30. The van der Waals surface area contributed by atoms with Crippen molar-refractivity contribution in [3.63, 3.8) is 0 Å². The second-order valence-electron chi connectivity index (χ2n) is 9.34. The Balaban J connectivity index is 1.51. The molecule has 0 aliphatic heterocycles. The number of amides is 3. The van der Waals surface area contributed by atoms with Crippen molar-refractivity contribution in [2.24, 2.45) is 0 Å². The van der Waals surface area contributed by atoms with Crippen LogP contribution in [0.2, 0.25) is 0 Å². The Kier molecular flexibility index (Phi) is 11.4. The van der Waals surface area contributed by atoms with Crippen molar-refractivity contribution in [2.75, 3.05) is 37.7 Å². The first-order chi connectivity index (χ1) is 21.8. The van der Waals surface area contributed by atoms with Crippen molar-refractivity contribution in [2.45, 2.75) is 4.90 Å². The standard InChI is InChI=1S/C34H31N3O7S/c1-42-25-16-17-30(43-2)23(18-25)19-29(37-32(39)22-10-5-4-6-11-22)33(40)35-24-12-9-13-26(20-24)45-21-31(38)36-28-15-8-7-14-27(28)34(41)44-3/h4-20H,21H2,1-3H3,(H,35,40)(H,36,38)(H,37,39)/b29-19+. The number of para-hydroxylation sites is 1. The first kappa shape index (κ1) is 32.4. The molecule has 0 spiro atoms. The van der Waals surface area contributed by atoms with Gasteiger partial charge in [0, 0.05) is 21.7 Å². The maximum absolute atomic E-state index is 13.6. The van der Waals surface area contributed by atoms with Crippen molar-refractivity contribution >= 4 is 52.9 Å². The summed E-state index contributed by atoms with van der Waals surface area (Å²) >= 11 is 1.24. The molecule has 0 aliphatic carbocycles. The summed E-state index contributed by atoms with van der Waals surface area (Å²) in [6.07, 6.45) is 1.51. The van der Waals surface area contributed by atoms with Crippen LogP contribution in [0.25, 0.3) is 6.08 Å². The van der Waals surface area contributed by atoms with E-state index in [1.165, 1.54) is 39.2 Å². The highest BCUT2D eigenvalue weighted by Gasteiger charge is 2.17. The van der Waals surface area contributed by atoms with Crippen LogP contribution in [0.5, 0.6) is 11.5 Å². The molecule has 0 aromatic heterocycles. The van der Waals surface area contributed by atoms with Gasteiger partial charge in [-0.15, -0.1) is 11.8 Å². The van der Waals surface area contributed by atoms with Crippen LogP contribution in [0, 0.1) is 0 Å². The molecule has 0 saturated carbocycles. The number of ether oxygens (including phenoxy) is 3. The predicted octanol–water partition coefficient (Wildman–Crippen LogP) is 5.63. The second kappa shape index (κ2) is 15.8. The van der Waals surface area contributed by atoms with E-state index in [0.29, 0.717) is 38.9 Å². The molecule has 45 heavy (non-hydrogen) atoms. The Bertz CT molecular complexity index is 1720. The van der Waals surface area contributed by atoms with Crippen LogP contribution >= 0.6 is 11.8 Å². The monoisotopic (exact) mass is 625 g/mol. The van der Waals surface area contributed by atoms with Crippen LogP contribution in [-0.4, -0.2) is 50.8 Å². The van der Waals surface area contributed by atoms with Crippen molar-refractivity contribution < 1.29 is 33.4 Å². The number of benzene rings is 4. The lowest BCUT2D eigenvalue weighted by atomic mass is 10.1. The number of nitrogens with one attached hydrogen (secondary N) is 3. The molecule has 0 heterocycles. The Morgan fingerprint density at radius 2 is 1.53 bits per heavy atom. The average Bonchev–Trinajstić information content (AvgIpc) is 3.07. The molecule has 0 saturated heterocycles. The molecule has 0 unspecified atom stereocenters. The van der Waals surface area contributed by atoms with Crippen LogP contribution in [0.3, 0.4) is 0 Å². The lowest BCUT2D eigenvalue weighted by Gasteiger charge is -2.14. The van der Waals surface area contributed by atoms with E-state index in [1.54, 1.807) is 97.1 Å². The van der Waals surface area contributed by atoms with E-state index in [9.17, 15) is 19.2 Å². The SMILES string of the molecule is COC(=O)c1ccccc1NC(=O)CSc1cccc(NC(=O)/C(=C\c2cc(OC)ccc2OC)NC(=O)c2ccccc2)c1. The highest BCUT2D eigenvalue weighted by molar-refractivity contribution is 8.00. The molecule has 0 bridgehead atoms. The number of hydrogen-bond acceptors (Lipinski definition) is 8. The van der Waals surface area contributed by atoms with E-state index in [1.807, 2.05) is 0 Å². The van der Waals surface area contributed by atoms with Crippen molar-refractivity contribution in [1.29, 1.82) is 0 Å². The summed E-state index contributed by atoms with van der Waals surface area (Å²) in [7, 11) is 4.30. The summed E-state index contributed by atoms with van der Waals surface area (Å²) in [5, 5.41) is 8.26. The molecule has 4 aromatic rings. The summed E-state index contributed by atoms with van der Waals surface area (Å²) in [5.41, 5.74) is 1.90. The number of methoxy groups -OCH3 is 3. The Morgan fingerprint density at radius 3 is 2.27 bits per heavy atom. The zero-order valence-corrected chi connectivity index (χ0v) is 25.6. The molecular weight excluding hydrogens is 594 g/mol. The van der Waals surface area contributed by atoms with Crippen molar-refractivity contribution in [3.8, 4) is 11.5 Å². The molecule has 4 aromatic carbocycles. The summed E-state index contributed by atoms with van der Waals surface area (Å²) in [6.45, 7) is 0. The normalized spacial score (nSPS) is 10.8. The minimum Gasteiger partial charge on any atom is -0.497 e. The highest BCUT2D eigenvalue weighted by atomic mass is 32.2. The summed E-state index contributed by atoms with van der Waals surface area (Å²) < 4.78 is 15.6. The molecule has 0 atom stereocenters. The maximum Gasteiger partial charge on any atom is 0.339 e.